The van der Waals surface area contributed by atoms with Gasteiger partial charge in [-0.2, -0.15) is 0 Å². The van der Waals surface area contributed by atoms with Crippen LogP contribution < -0.4 is 11.2 Å². The number of hydrazine groups is 1. The summed E-state index contributed by atoms with van der Waals surface area (Å²) < 4.78 is 0. The fourth-order valence-corrected chi connectivity index (χ4v) is 0.452. The van der Waals surface area contributed by atoms with Crippen molar-refractivity contribution in [2.75, 3.05) is 7.05 Å². The van der Waals surface area contributed by atoms with Crippen LogP contribution in [0.3, 0.4) is 0 Å². The van der Waals surface area contributed by atoms with Gasteiger partial charge in [0.1, 0.15) is 0 Å². The van der Waals surface area contributed by atoms with Crippen molar-refractivity contribution in [2.45, 2.75) is 6.92 Å². The number of nitrogens with zero attached hydrogens (tertiary/aromatic N) is 1. The molecule has 0 fully saturated rings. The third kappa shape index (κ3) is 3.19. The van der Waals surface area contributed by atoms with Gasteiger partial charge in [-0.25, -0.2) is 5.01 Å². The van der Waals surface area contributed by atoms with Crippen molar-refractivity contribution in [1.82, 2.24) is 10.4 Å². The van der Waals surface area contributed by atoms with Crippen molar-refractivity contribution >= 4 is 17.7 Å². The van der Waals surface area contributed by atoms with E-state index in [-0.39, 0.29) is 0 Å². The van der Waals surface area contributed by atoms with E-state index in [1.165, 1.54) is 14.0 Å². The quantitative estimate of drug-likeness (QED) is 0.315. The Morgan fingerprint density at radius 2 is 1.82 bits per heavy atom. The summed E-state index contributed by atoms with van der Waals surface area (Å²) in [4.78, 5) is 31.1. The number of primary amides is 1. The van der Waals surface area contributed by atoms with Crippen molar-refractivity contribution in [1.29, 1.82) is 0 Å². The molecule has 6 heteroatoms. The lowest BCUT2D eigenvalue weighted by Crippen LogP contribution is -2.47. The molecule has 0 saturated heterocycles. The number of hydrogen-bond acceptors (Lipinski definition) is 3. The van der Waals surface area contributed by atoms with Gasteiger partial charge < -0.3 is 5.73 Å². The molecular weight excluding hydrogens is 150 g/mol. The summed E-state index contributed by atoms with van der Waals surface area (Å²) in [6.07, 6.45) is 0. The first-order valence-electron chi connectivity index (χ1n) is 2.80. The summed E-state index contributed by atoms with van der Waals surface area (Å²) in [5.74, 6) is -2.51. The predicted octanol–water partition coefficient (Wildman–Crippen LogP) is -2.02. The first-order chi connectivity index (χ1) is 4.95. The molecule has 0 atom stereocenters. The lowest BCUT2D eigenvalue weighted by molar-refractivity contribution is -0.147. The van der Waals surface area contributed by atoms with Gasteiger partial charge in [0.15, 0.2) is 0 Å². The summed E-state index contributed by atoms with van der Waals surface area (Å²) in [6, 6.07) is 0. The largest absolute Gasteiger partial charge is 0.361 e. The molecule has 0 aliphatic rings. The number of carbonyl (C=O) groups excluding carboxylic acids is 3. The van der Waals surface area contributed by atoms with Gasteiger partial charge in [0.05, 0.1) is 0 Å². The minimum Gasteiger partial charge on any atom is -0.361 e. The minimum absolute atomic E-state index is 0.442. The van der Waals surface area contributed by atoms with Gasteiger partial charge in [0.25, 0.3) is 0 Å². The van der Waals surface area contributed by atoms with Crippen LogP contribution in [0, 0.1) is 0 Å². The zero-order valence-corrected chi connectivity index (χ0v) is 6.25. The Kier molecular flexibility index (Phi) is 3.03. The molecule has 0 aliphatic heterocycles. The standard InChI is InChI=1S/C5H9N3O3/c1-3(9)7-8(2)5(11)4(6)10/h1-2H3,(H2,6,10)(H,7,9). The Hall–Kier alpha value is -1.59. The van der Waals surface area contributed by atoms with E-state index >= 15 is 0 Å². The van der Waals surface area contributed by atoms with E-state index in [9.17, 15) is 14.4 Å². The summed E-state index contributed by atoms with van der Waals surface area (Å²) in [6.45, 7) is 1.21. The number of nitrogens with one attached hydrogen (secondary N) is 1. The van der Waals surface area contributed by atoms with Gasteiger partial charge in [0, 0.05) is 14.0 Å². The smallest absolute Gasteiger partial charge is 0.329 e. The number of hydrogen-bond donors (Lipinski definition) is 2. The van der Waals surface area contributed by atoms with Crippen LogP contribution in [0.5, 0.6) is 0 Å². The molecule has 11 heavy (non-hydrogen) atoms. The number of rotatable bonds is 0. The van der Waals surface area contributed by atoms with E-state index in [0.717, 1.165) is 5.01 Å². The van der Waals surface area contributed by atoms with Crippen LogP contribution in [0.2, 0.25) is 0 Å². The van der Waals surface area contributed by atoms with Crippen molar-refractivity contribution in [3.8, 4) is 0 Å². The van der Waals surface area contributed by atoms with Gasteiger partial charge >= 0.3 is 11.8 Å². The molecule has 0 aromatic heterocycles. The van der Waals surface area contributed by atoms with Crippen LogP contribution in [-0.4, -0.2) is 29.8 Å². The molecule has 0 bridgehead atoms. The lowest BCUT2D eigenvalue weighted by atomic mass is 10.6. The second-order valence-electron chi connectivity index (χ2n) is 1.90. The molecule has 0 aliphatic carbocycles. The van der Waals surface area contributed by atoms with Crippen LogP contribution >= 0.6 is 0 Å². The zero-order chi connectivity index (χ0) is 9.02. The number of nitrogens with two attached hydrogens (primary N) is 1. The van der Waals surface area contributed by atoms with E-state index in [1.54, 1.807) is 0 Å². The average molecular weight is 159 g/mol. The van der Waals surface area contributed by atoms with Crippen molar-refractivity contribution in [3.05, 3.63) is 0 Å². The lowest BCUT2D eigenvalue weighted by Gasteiger charge is -2.14. The van der Waals surface area contributed by atoms with Crippen LogP contribution in [0.15, 0.2) is 0 Å². The molecule has 62 valence electrons. The van der Waals surface area contributed by atoms with Crippen molar-refractivity contribution in [3.63, 3.8) is 0 Å². The van der Waals surface area contributed by atoms with Gasteiger partial charge in [-0.1, -0.05) is 0 Å². The number of likely N-dealkylation sites (N-methyl/N-ethyl adjacent to an activating group) is 1. The van der Waals surface area contributed by atoms with Gasteiger partial charge in [-0.05, 0) is 0 Å². The molecule has 0 spiro atoms. The highest BCUT2D eigenvalue weighted by Gasteiger charge is 2.14. The van der Waals surface area contributed by atoms with E-state index in [2.05, 4.69) is 11.2 Å². The van der Waals surface area contributed by atoms with Gasteiger partial charge in [0.2, 0.25) is 5.91 Å². The molecular formula is C5H9N3O3. The van der Waals surface area contributed by atoms with Crippen LogP contribution in [0.1, 0.15) is 6.92 Å². The third-order valence-corrected chi connectivity index (χ3v) is 0.841. The predicted molar refractivity (Wildman–Crippen MR) is 35.8 cm³/mol. The molecule has 0 rings (SSSR count). The highest BCUT2D eigenvalue weighted by molar-refractivity contribution is 6.34. The topological polar surface area (TPSA) is 92.5 Å². The van der Waals surface area contributed by atoms with Crippen LogP contribution in [0.4, 0.5) is 0 Å². The summed E-state index contributed by atoms with van der Waals surface area (Å²) >= 11 is 0. The normalized spacial score (nSPS) is 8.55. The molecule has 6 nitrogen and oxygen atoms in total. The Balaban J connectivity index is 4.03. The van der Waals surface area contributed by atoms with E-state index in [4.69, 9.17) is 0 Å². The molecule has 0 heterocycles. The SMILES string of the molecule is CC(=O)NN(C)C(=O)C(N)=O. The average Bonchev–Trinajstić information content (AvgIpc) is 1.84. The Labute approximate surface area is 63.3 Å². The molecule has 0 radical (unpaired) electrons. The second-order valence-corrected chi connectivity index (χ2v) is 1.90. The maximum absolute atomic E-state index is 10.6. The highest BCUT2D eigenvalue weighted by atomic mass is 16.2. The third-order valence-electron chi connectivity index (χ3n) is 0.841. The first kappa shape index (κ1) is 9.41. The zero-order valence-electron chi connectivity index (χ0n) is 6.25. The first-order valence-corrected chi connectivity index (χ1v) is 2.80. The molecule has 0 saturated carbocycles. The van der Waals surface area contributed by atoms with Crippen LogP contribution in [-0.2, 0) is 14.4 Å². The Bertz CT molecular complexity index is 201. The van der Waals surface area contributed by atoms with E-state index < -0.39 is 17.7 Å². The highest BCUT2D eigenvalue weighted by Crippen LogP contribution is 1.76. The fraction of sp³-hybridized carbons (Fsp3) is 0.400. The molecule has 3 N–H and O–H groups in total. The maximum atomic E-state index is 10.6. The number of amides is 3. The summed E-state index contributed by atoms with van der Waals surface area (Å²) in [5, 5.41) is 0.727. The maximum Gasteiger partial charge on any atom is 0.329 e. The van der Waals surface area contributed by atoms with Gasteiger partial charge in [-0.3, -0.25) is 19.8 Å². The minimum atomic E-state index is -1.11. The number of carbonyl (C=O) groups is 3. The fourth-order valence-electron chi connectivity index (χ4n) is 0.452. The van der Waals surface area contributed by atoms with Crippen molar-refractivity contribution in [2.24, 2.45) is 5.73 Å². The molecule has 0 unspecified atom stereocenters. The summed E-state index contributed by atoms with van der Waals surface area (Å²) in [7, 11) is 1.23. The van der Waals surface area contributed by atoms with Crippen molar-refractivity contribution < 1.29 is 14.4 Å². The molecule has 0 aromatic carbocycles. The second kappa shape index (κ2) is 3.55. The monoisotopic (exact) mass is 159 g/mol. The van der Waals surface area contributed by atoms with E-state index in [0.29, 0.717) is 0 Å². The molecule has 0 aromatic rings. The Morgan fingerprint density at radius 3 is 2.09 bits per heavy atom. The molecule has 3 amide bonds. The Morgan fingerprint density at radius 1 is 1.36 bits per heavy atom. The van der Waals surface area contributed by atoms with E-state index in [1.807, 2.05) is 0 Å². The van der Waals surface area contributed by atoms with Gasteiger partial charge in [-0.15, -0.1) is 0 Å². The summed E-state index contributed by atoms with van der Waals surface area (Å²) in [5.41, 5.74) is 6.70. The van der Waals surface area contributed by atoms with Crippen LogP contribution in [0.25, 0.3) is 0 Å².